The maximum Gasteiger partial charge on any atom is 0.235 e. The van der Waals surface area contributed by atoms with Crippen LogP contribution in [0.5, 0.6) is 5.75 Å². The Hall–Kier alpha value is -1.78. The molecule has 0 bridgehead atoms. The van der Waals surface area contributed by atoms with Crippen LogP contribution in [0.4, 0.5) is 5.69 Å². The van der Waals surface area contributed by atoms with Gasteiger partial charge in [-0.25, -0.2) is 8.42 Å². The van der Waals surface area contributed by atoms with Gasteiger partial charge in [0.15, 0.2) is 6.61 Å². The molecular weight excluding hydrogens is 268 g/mol. The summed E-state index contributed by atoms with van der Waals surface area (Å²) in [6, 6.07) is 8.27. The molecule has 0 aromatic heterocycles. The summed E-state index contributed by atoms with van der Waals surface area (Å²) >= 11 is 0. The van der Waals surface area contributed by atoms with Crippen LogP contribution in [0, 0.1) is 11.3 Å². The highest BCUT2D eigenvalue weighted by Crippen LogP contribution is 2.18. The van der Waals surface area contributed by atoms with Crippen molar-refractivity contribution < 1.29 is 17.9 Å². The Morgan fingerprint density at radius 1 is 1.42 bits per heavy atom. The SMILES string of the molecule is CCOCCS(=O)(=O)Nc1cccc(OCC#N)c1. The Morgan fingerprint density at radius 3 is 2.89 bits per heavy atom. The van der Waals surface area contributed by atoms with Crippen molar-refractivity contribution in [2.75, 3.05) is 30.3 Å². The lowest BCUT2D eigenvalue weighted by Crippen LogP contribution is -2.20. The molecule has 0 saturated carbocycles. The van der Waals surface area contributed by atoms with Gasteiger partial charge in [-0.05, 0) is 19.1 Å². The molecule has 0 atom stereocenters. The van der Waals surface area contributed by atoms with Gasteiger partial charge in [0.05, 0.1) is 18.0 Å². The highest BCUT2D eigenvalue weighted by molar-refractivity contribution is 7.92. The van der Waals surface area contributed by atoms with Crippen molar-refractivity contribution in [1.29, 1.82) is 5.26 Å². The molecule has 104 valence electrons. The van der Waals surface area contributed by atoms with Crippen molar-refractivity contribution in [3.63, 3.8) is 0 Å². The molecule has 0 radical (unpaired) electrons. The summed E-state index contributed by atoms with van der Waals surface area (Å²) in [7, 11) is -3.44. The quantitative estimate of drug-likeness (QED) is 0.728. The van der Waals surface area contributed by atoms with Crippen molar-refractivity contribution in [3.8, 4) is 11.8 Å². The molecule has 1 rings (SSSR count). The van der Waals surface area contributed by atoms with Gasteiger partial charge >= 0.3 is 0 Å². The van der Waals surface area contributed by atoms with E-state index in [1.807, 2.05) is 6.07 Å². The normalized spacial score (nSPS) is 10.7. The average Bonchev–Trinajstić information content (AvgIpc) is 2.36. The zero-order chi connectivity index (χ0) is 14.1. The number of ether oxygens (including phenoxy) is 2. The first-order valence-corrected chi connectivity index (χ1v) is 7.40. The van der Waals surface area contributed by atoms with E-state index >= 15 is 0 Å². The highest BCUT2D eigenvalue weighted by atomic mass is 32.2. The fraction of sp³-hybridized carbons (Fsp3) is 0.417. The number of nitriles is 1. The number of benzene rings is 1. The van der Waals surface area contributed by atoms with E-state index in [4.69, 9.17) is 14.7 Å². The number of nitrogens with zero attached hydrogens (tertiary/aromatic N) is 1. The first kappa shape index (κ1) is 15.3. The molecular formula is C12H16N2O4S. The van der Waals surface area contributed by atoms with E-state index < -0.39 is 10.0 Å². The summed E-state index contributed by atoms with van der Waals surface area (Å²) < 4.78 is 35.9. The number of hydrogen-bond donors (Lipinski definition) is 1. The van der Waals surface area contributed by atoms with E-state index in [0.717, 1.165) is 0 Å². The second-order valence-electron chi connectivity index (χ2n) is 3.59. The van der Waals surface area contributed by atoms with Gasteiger partial charge in [0.2, 0.25) is 10.0 Å². The Labute approximate surface area is 113 Å². The van der Waals surface area contributed by atoms with Crippen molar-refractivity contribution in [1.82, 2.24) is 0 Å². The van der Waals surface area contributed by atoms with Crippen LogP contribution < -0.4 is 9.46 Å². The predicted octanol–water partition coefficient (Wildman–Crippen LogP) is 1.37. The van der Waals surface area contributed by atoms with Crippen LogP contribution >= 0.6 is 0 Å². The summed E-state index contributed by atoms with van der Waals surface area (Å²) in [4.78, 5) is 0. The second-order valence-corrected chi connectivity index (χ2v) is 5.43. The Bertz CT molecular complexity index is 537. The van der Waals surface area contributed by atoms with Gasteiger partial charge in [-0.3, -0.25) is 4.72 Å². The van der Waals surface area contributed by atoms with Crippen LogP contribution in [-0.4, -0.2) is 34.0 Å². The van der Waals surface area contributed by atoms with Gasteiger partial charge in [0, 0.05) is 12.7 Å². The third-order valence-electron chi connectivity index (χ3n) is 2.11. The molecule has 0 spiro atoms. The standard InChI is InChI=1S/C12H16N2O4S/c1-2-17-8-9-19(15,16)14-11-4-3-5-12(10-11)18-7-6-13/h3-5,10,14H,2,7-9H2,1H3. The Balaban J connectivity index is 2.63. The molecule has 0 fully saturated rings. The van der Waals surface area contributed by atoms with E-state index in [-0.39, 0.29) is 19.0 Å². The smallest absolute Gasteiger partial charge is 0.235 e. The molecule has 6 nitrogen and oxygen atoms in total. The molecule has 7 heteroatoms. The topological polar surface area (TPSA) is 88.4 Å². The molecule has 1 aromatic rings. The third kappa shape index (κ3) is 6.08. The number of nitrogens with one attached hydrogen (secondary N) is 1. The zero-order valence-electron chi connectivity index (χ0n) is 10.6. The van der Waals surface area contributed by atoms with Crippen LogP contribution in [0.1, 0.15) is 6.92 Å². The molecule has 0 aliphatic carbocycles. The number of anilines is 1. The van der Waals surface area contributed by atoms with Gasteiger partial charge in [-0.15, -0.1) is 0 Å². The minimum absolute atomic E-state index is 0.0828. The zero-order valence-corrected chi connectivity index (χ0v) is 11.4. The molecule has 1 N–H and O–H groups in total. The molecule has 0 unspecified atom stereocenters. The fourth-order valence-electron chi connectivity index (χ4n) is 1.31. The largest absolute Gasteiger partial charge is 0.479 e. The maximum atomic E-state index is 11.7. The molecule has 0 amide bonds. The van der Waals surface area contributed by atoms with Crippen molar-refractivity contribution in [3.05, 3.63) is 24.3 Å². The highest BCUT2D eigenvalue weighted by Gasteiger charge is 2.10. The lowest BCUT2D eigenvalue weighted by atomic mass is 10.3. The minimum Gasteiger partial charge on any atom is -0.479 e. The first-order valence-electron chi connectivity index (χ1n) is 5.75. The first-order chi connectivity index (χ1) is 9.07. The fourth-order valence-corrected chi connectivity index (χ4v) is 2.23. The minimum atomic E-state index is -3.44. The van der Waals surface area contributed by atoms with E-state index in [0.29, 0.717) is 18.0 Å². The van der Waals surface area contributed by atoms with Crippen molar-refractivity contribution in [2.24, 2.45) is 0 Å². The third-order valence-corrected chi connectivity index (χ3v) is 3.36. The van der Waals surface area contributed by atoms with Crippen LogP contribution in [0.2, 0.25) is 0 Å². The Kier molecular flexibility index (Phi) is 6.12. The lowest BCUT2D eigenvalue weighted by molar-refractivity contribution is 0.163. The van der Waals surface area contributed by atoms with Crippen LogP contribution in [0.3, 0.4) is 0 Å². The summed E-state index contributed by atoms with van der Waals surface area (Å²) in [5.41, 5.74) is 0.395. The maximum absolute atomic E-state index is 11.7. The monoisotopic (exact) mass is 284 g/mol. The van der Waals surface area contributed by atoms with E-state index in [9.17, 15) is 8.42 Å². The molecule has 0 heterocycles. The van der Waals surface area contributed by atoms with Crippen LogP contribution in [0.25, 0.3) is 0 Å². The molecule has 0 saturated heterocycles. The molecule has 1 aromatic carbocycles. The van der Waals surface area contributed by atoms with Gasteiger partial charge in [0.25, 0.3) is 0 Å². The van der Waals surface area contributed by atoms with Gasteiger partial charge in [-0.1, -0.05) is 6.07 Å². The summed E-state index contributed by atoms with van der Waals surface area (Å²) in [6.45, 7) is 2.35. The average molecular weight is 284 g/mol. The molecule has 0 aliphatic heterocycles. The van der Waals surface area contributed by atoms with E-state index in [2.05, 4.69) is 4.72 Å². The Morgan fingerprint density at radius 2 is 2.21 bits per heavy atom. The summed E-state index contributed by atoms with van der Waals surface area (Å²) in [6.07, 6.45) is 0. The van der Waals surface area contributed by atoms with Gasteiger partial charge in [-0.2, -0.15) is 5.26 Å². The van der Waals surface area contributed by atoms with Crippen LogP contribution in [0.15, 0.2) is 24.3 Å². The van der Waals surface area contributed by atoms with Crippen molar-refractivity contribution >= 4 is 15.7 Å². The van der Waals surface area contributed by atoms with Gasteiger partial charge in [0.1, 0.15) is 11.8 Å². The second kappa shape index (κ2) is 7.61. The molecule has 0 aliphatic rings. The van der Waals surface area contributed by atoms with Crippen molar-refractivity contribution in [2.45, 2.75) is 6.92 Å². The van der Waals surface area contributed by atoms with Gasteiger partial charge < -0.3 is 9.47 Å². The van der Waals surface area contributed by atoms with E-state index in [1.54, 1.807) is 25.1 Å². The summed E-state index contributed by atoms with van der Waals surface area (Å²) in [5.74, 6) is 0.330. The number of rotatable bonds is 8. The predicted molar refractivity (Wildman–Crippen MR) is 71.5 cm³/mol. The van der Waals surface area contributed by atoms with E-state index in [1.165, 1.54) is 6.07 Å². The van der Waals surface area contributed by atoms with Crippen LogP contribution in [-0.2, 0) is 14.8 Å². The molecule has 19 heavy (non-hydrogen) atoms. The lowest BCUT2D eigenvalue weighted by Gasteiger charge is -2.09. The number of sulfonamides is 1. The number of hydrogen-bond acceptors (Lipinski definition) is 5. The summed E-state index contributed by atoms with van der Waals surface area (Å²) in [5, 5.41) is 8.40.